The number of benzene rings is 2. The molecule has 0 N–H and O–H groups in total. The Balaban J connectivity index is 1.60. The van der Waals surface area contributed by atoms with Gasteiger partial charge in [0, 0.05) is 0 Å². The van der Waals surface area contributed by atoms with Crippen LogP contribution in [-0.4, -0.2) is 13.2 Å². The van der Waals surface area contributed by atoms with Crippen molar-refractivity contribution in [2.75, 3.05) is 13.2 Å². The van der Waals surface area contributed by atoms with Crippen LogP contribution < -0.4 is 0 Å². The lowest BCUT2D eigenvalue weighted by Crippen LogP contribution is -1.92. The number of hydrogen-bond donors (Lipinski definition) is 0. The fraction of sp³-hybridized carbons (Fsp3) is 0.273. The standard InChI is InChI=1S/C22H26O/c1-19-11-3-5-13-21(19)15-7-9-17-23-18-10-8-16-22-14-6-4-12-20(22)2/h3-14H,15-18H2,1-2H3. The molecule has 0 aromatic heterocycles. The summed E-state index contributed by atoms with van der Waals surface area (Å²) in [6.45, 7) is 5.64. The molecule has 0 aliphatic rings. The second-order valence-electron chi connectivity index (χ2n) is 5.74. The predicted octanol–water partition coefficient (Wildman–Crippen LogP) is 5.22. The average molecular weight is 306 g/mol. The van der Waals surface area contributed by atoms with Crippen LogP contribution in [0.4, 0.5) is 0 Å². The minimum atomic E-state index is 0.667. The minimum Gasteiger partial charge on any atom is -0.373 e. The molecule has 0 saturated carbocycles. The molecule has 1 nitrogen and oxygen atoms in total. The molecule has 1 heteroatoms. The van der Waals surface area contributed by atoms with E-state index in [1.165, 1.54) is 22.3 Å². The summed E-state index contributed by atoms with van der Waals surface area (Å²) in [5.41, 5.74) is 5.44. The largest absolute Gasteiger partial charge is 0.373 e. The van der Waals surface area contributed by atoms with Gasteiger partial charge < -0.3 is 4.74 Å². The van der Waals surface area contributed by atoms with Crippen molar-refractivity contribution < 1.29 is 4.74 Å². The summed E-state index contributed by atoms with van der Waals surface area (Å²) in [5.74, 6) is 0. The van der Waals surface area contributed by atoms with Gasteiger partial charge in [0.15, 0.2) is 0 Å². The van der Waals surface area contributed by atoms with E-state index in [1.807, 2.05) is 0 Å². The minimum absolute atomic E-state index is 0.667. The van der Waals surface area contributed by atoms with Crippen LogP contribution in [0, 0.1) is 13.8 Å². The number of rotatable bonds is 8. The van der Waals surface area contributed by atoms with E-state index in [9.17, 15) is 0 Å². The van der Waals surface area contributed by atoms with Crippen molar-refractivity contribution in [1.29, 1.82) is 0 Å². The van der Waals surface area contributed by atoms with Crippen LogP contribution in [0.25, 0.3) is 0 Å². The highest BCUT2D eigenvalue weighted by molar-refractivity contribution is 5.28. The van der Waals surface area contributed by atoms with E-state index in [0.29, 0.717) is 13.2 Å². The molecule has 23 heavy (non-hydrogen) atoms. The third-order valence-electron chi connectivity index (χ3n) is 3.96. The zero-order chi connectivity index (χ0) is 16.3. The maximum atomic E-state index is 5.60. The quantitative estimate of drug-likeness (QED) is 0.480. The average Bonchev–Trinajstić information content (AvgIpc) is 2.56. The second kappa shape index (κ2) is 9.81. The summed E-state index contributed by atoms with van der Waals surface area (Å²) in [6, 6.07) is 17.0. The molecule has 0 atom stereocenters. The molecule has 120 valence electrons. The van der Waals surface area contributed by atoms with Gasteiger partial charge in [0.2, 0.25) is 0 Å². The smallest absolute Gasteiger partial charge is 0.0651 e. The maximum absolute atomic E-state index is 5.60. The van der Waals surface area contributed by atoms with E-state index < -0.39 is 0 Å². The fourth-order valence-electron chi connectivity index (χ4n) is 2.44. The lowest BCUT2D eigenvalue weighted by molar-refractivity contribution is 0.193. The van der Waals surface area contributed by atoms with Gasteiger partial charge in [0.1, 0.15) is 0 Å². The van der Waals surface area contributed by atoms with Gasteiger partial charge in [0.25, 0.3) is 0 Å². The van der Waals surface area contributed by atoms with Gasteiger partial charge in [-0.25, -0.2) is 0 Å². The van der Waals surface area contributed by atoms with Gasteiger partial charge in [-0.3, -0.25) is 0 Å². The summed E-state index contributed by atoms with van der Waals surface area (Å²) in [5, 5.41) is 0. The topological polar surface area (TPSA) is 9.23 Å². The van der Waals surface area contributed by atoms with Crippen LogP contribution in [0.15, 0.2) is 72.8 Å². The van der Waals surface area contributed by atoms with Gasteiger partial charge in [0.05, 0.1) is 13.2 Å². The molecule has 0 bridgehead atoms. The van der Waals surface area contributed by atoms with Gasteiger partial charge in [-0.15, -0.1) is 0 Å². The Morgan fingerprint density at radius 1 is 0.652 bits per heavy atom. The summed E-state index contributed by atoms with van der Waals surface area (Å²) in [6.07, 6.45) is 10.5. The van der Waals surface area contributed by atoms with E-state index in [0.717, 1.165) is 12.8 Å². The highest BCUT2D eigenvalue weighted by atomic mass is 16.5. The maximum Gasteiger partial charge on any atom is 0.0651 e. The van der Waals surface area contributed by atoms with Gasteiger partial charge in [-0.2, -0.15) is 0 Å². The molecule has 0 spiro atoms. The molecular formula is C22H26O. The third kappa shape index (κ3) is 6.25. The molecule has 0 unspecified atom stereocenters. The van der Waals surface area contributed by atoms with E-state index in [-0.39, 0.29) is 0 Å². The van der Waals surface area contributed by atoms with Gasteiger partial charge in [-0.1, -0.05) is 72.8 Å². The van der Waals surface area contributed by atoms with Crippen molar-refractivity contribution in [3.05, 3.63) is 95.1 Å². The van der Waals surface area contributed by atoms with Crippen LogP contribution in [-0.2, 0) is 17.6 Å². The number of aryl methyl sites for hydroxylation is 2. The molecule has 2 aromatic carbocycles. The molecule has 0 saturated heterocycles. The molecule has 0 radical (unpaired) electrons. The highest BCUT2D eigenvalue weighted by Crippen LogP contribution is 2.08. The van der Waals surface area contributed by atoms with E-state index >= 15 is 0 Å². The molecular weight excluding hydrogens is 280 g/mol. The molecule has 0 aliphatic carbocycles. The first kappa shape index (κ1) is 17.2. The van der Waals surface area contributed by atoms with E-state index in [1.54, 1.807) is 0 Å². The van der Waals surface area contributed by atoms with E-state index in [4.69, 9.17) is 4.74 Å². The lowest BCUT2D eigenvalue weighted by Gasteiger charge is -2.01. The highest BCUT2D eigenvalue weighted by Gasteiger charge is 1.93. The first-order valence-electron chi connectivity index (χ1n) is 8.24. The number of ether oxygens (including phenoxy) is 1. The molecule has 2 rings (SSSR count). The van der Waals surface area contributed by atoms with Crippen molar-refractivity contribution >= 4 is 0 Å². The lowest BCUT2D eigenvalue weighted by atomic mass is 10.1. The van der Waals surface area contributed by atoms with Crippen molar-refractivity contribution in [1.82, 2.24) is 0 Å². The Morgan fingerprint density at radius 2 is 1.09 bits per heavy atom. The zero-order valence-electron chi connectivity index (χ0n) is 14.2. The Kier molecular flexibility index (Phi) is 7.35. The van der Waals surface area contributed by atoms with Crippen LogP contribution >= 0.6 is 0 Å². The summed E-state index contributed by atoms with van der Waals surface area (Å²) in [7, 11) is 0. The molecule has 0 fully saturated rings. The van der Waals surface area contributed by atoms with Crippen LogP contribution in [0.2, 0.25) is 0 Å². The molecule has 2 aromatic rings. The first-order valence-corrected chi connectivity index (χ1v) is 8.24. The Bertz CT molecular complexity index is 595. The van der Waals surface area contributed by atoms with Gasteiger partial charge >= 0.3 is 0 Å². The van der Waals surface area contributed by atoms with Crippen molar-refractivity contribution in [3.63, 3.8) is 0 Å². The number of hydrogen-bond acceptors (Lipinski definition) is 1. The summed E-state index contributed by atoms with van der Waals surface area (Å²) >= 11 is 0. The Labute approximate surface area is 140 Å². The van der Waals surface area contributed by atoms with Crippen LogP contribution in [0.5, 0.6) is 0 Å². The zero-order valence-corrected chi connectivity index (χ0v) is 14.2. The summed E-state index contributed by atoms with van der Waals surface area (Å²) < 4.78 is 5.60. The first-order chi connectivity index (χ1) is 11.3. The Morgan fingerprint density at radius 3 is 1.52 bits per heavy atom. The SMILES string of the molecule is Cc1ccccc1CC=CCOCC=CCc1ccccc1C. The van der Waals surface area contributed by atoms with Crippen LogP contribution in [0.1, 0.15) is 22.3 Å². The van der Waals surface area contributed by atoms with Crippen molar-refractivity contribution in [3.8, 4) is 0 Å². The predicted molar refractivity (Wildman–Crippen MR) is 98.9 cm³/mol. The summed E-state index contributed by atoms with van der Waals surface area (Å²) in [4.78, 5) is 0. The normalized spacial score (nSPS) is 11.6. The Hall–Kier alpha value is -2.12. The van der Waals surface area contributed by atoms with Crippen molar-refractivity contribution in [2.24, 2.45) is 0 Å². The fourth-order valence-corrected chi connectivity index (χ4v) is 2.44. The third-order valence-corrected chi connectivity index (χ3v) is 3.96. The number of allylic oxidation sites excluding steroid dienone is 2. The molecule has 0 amide bonds. The molecule has 0 heterocycles. The second-order valence-corrected chi connectivity index (χ2v) is 5.74. The van der Waals surface area contributed by atoms with Crippen LogP contribution in [0.3, 0.4) is 0 Å². The monoisotopic (exact) mass is 306 g/mol. The van der Waals surface area contributed by atoms with Crippen molar-refractivity contribution in [2.45, 2.75) is 26.7 Å². The van der Waals surface area contributed by atoms with E-state index in [2.05, 4.69) is 86.7 Å². The van der Waals surface area contributed by atoms with Gasteiger partial charge in [-0.05, 0) is 48.9 Å². The molecule has 0 aliphatic heterocycles.